The molecule has 1 aliphatic carbocycles. The summed E-state index contributed by atoms with van der Waals surface area (Å²) in [7, 11) is 0. The van der Waals surface area contributed by atoms with Crippen molar-refractivity contribution in [1.82, 2.24) is 15.2 Å². The van der Waals surface area contributed by atoms with Crippen LogP contribution in [0, 0.1) is 12.8 Å². The smallest absolute Gasteiger partial charge is 0.255 e. The van der Waals surface area contributed by atoms with Crippen molar-refractivity contribution in [2.24, 2.45) is 5.92 Å². The highest BCUT2D eigenvalue weighted by atomic mass is 32.1. The maximum absolute atomic E-state index is 12.5. The quantitative estimate of drug-likeness (QED) is 0.831. The molecule has 1 aromatic heterocycles. The lowest BCUT2D eigenvalue weighted by atomic mass is 9.91. The molecule has 1 saturated carbocycles. The van der Waals surface area contributed by atoms with E-state index in [1.165, 1.54) is 12.8 Å². The number of thiazole rings is 1. The third kappa shape index (κ3) is 3.62. The molecule has 1 saturated heterocycles. The number of aliphatic hydroxyl groups is 1. The predicted octanol–water partition coefficient (Wildman–Crippen LogP) is 1.30. The van der Waals surface area contributed by atoms with Gasteiger partial charge in [-0.2, -0.15) is 0 Å². The van der Waals surface area contributed by atoms with E-state index >= 15 is 0 Å². The Morgan fingerprint density at radius 2 is 2.38 bits per heavy atom. The van der Waals surface area contributed by atoms with Gasteiger partial charge in [-0.15, -0.1) is 11.3 Å². The molecule has 1 aromatic rings. The Morgan fingerprint density at radius 1 is 1.57 bits per heavy atom. The SMILES string of the molecule is Cc1nc(CNC[C@@]2(O)CCCN(CC3CC3)C2=O)cs1. The van der Waals surface area contributed by atoms with Crippen molar-refractivity contribution in [2.45, 2.75) is 44.8 Å². The van der Waals surface area contributed by atoms with Gasteiger partial charge in [-0.1, -0.05) is 0 Å². The van der Waals surface area contributed by atoms with E-state index in [9.17, 15) is 9.90 Å². The Morgan fingerprint density at radius 3 is 3.05 bits per heavy atom. The molecule has 0 spiro atoms. The number of piperidine rings is 1. The van der Waals surface area contributed by atoms with Gasteiger partial charge in [-0.3, -0.25) is 4.79 Å². The second-order valence-electron chi connectivity index (χ2n) is 6.29. The summed E-state index contributed by atoms with van der Waals surface area (Å²) < 4.78 is 0. The standard InChI is InChI=1S/C15H23N3O2S/c1-11-17-13(9-21-11)7-16-10-15(20)5-2-6-18(14(15)19)8-12-3-4-12/h9,12,16,20H,2-8,10H2,1H3/t15-/m0/s1. The number of rotatable bonds is 6. The van der Waals surface area contributed by atoms with Gasteiger partial charge in [0.15, 0.2) is 5.60 Å². The third-order valence-corrected chi connectivity index (χ3v) is 5.09. The first-order valence-electron chi connectivity index (χ1n) is 7.70. The van der Waals surface area contributed by atoms with Gasteiger partial charge in [0.1, 0.15) is 0 Å². The molecule has 6 heteroatoms. The highest BCUT2D eigenvalue weighted by Gasteiger charge is 2.43. The number of nitrogens with one attached hydrogen (secondary N) is 1. The lowest BCUT2D eigenvalue weighted by Crippen LogP contribution is -2.58. The van der Waals surface area contributed by atoms with Gasteiger partial charge in [0.25, 0.3) is 5.91 Å². The summed E-state index contributed by atoms with van der Waals surface area (Å²) in [5.41, 5.74) is -0.266. The second-order valence-corrected chi connectivity index (χ2v) is 7.35. The van der Waals surface area contributed by atoms with Crippen LogP contribution in [0.5, 0.6) is 0 Å². The Labute approximate surface area is 129 Å². The number of carbonyl (C=O) groups excluding carboxylic acids is 1. The third-order valence-electron chi connectivity index (χ3n) is 4.27. The molecule has 5 nitrogen and oxygen atoms in total. The van der Waals surface area contributed by atoms with Gasteiger partial charge in [-0.25, -0.2) is 4.98 Å². The van der Waals surface area contributed by atoms with Crippen molar-refractivity contribution in [3.8, 4) is 0 Å². The van der Waals surface area contributed by atoms with Crippen LogP contribution in [0.1, 0.15) is 36.4 Å². The molecule has 3 rings (SSSR count). The van der Waals surface area contributed by atoms with Crippen molar-refractivity contribution in [2.75, 3.05) is 19.6 Å². The molecule has 0 radical (unpaired) electrons. The maximum atomic E-state index is 12.5. The van der Waals surface area contributed by atoms with Crippen LogP contribution in [-0.2, 0) is 11.3 Å². The lowest BCUT2D eigenvalue weighted by Gasteiger charge is -2.38. The average molecular weight is 309 g/mol. The van der Waals surface area contributed by atoms with E-state index < -0.39 is 5.60 Å². The molecular weight excluding hydrogens is 286 g/mol. The number of likely N-dealkylation sites (tertiary alicyclic amines) is 1. The fourth-order valence-electron chi connectivity index (χ4n) is 2.90. The maximum Gasteiger partial charge on any atom is 0.255 e. The van der Waals surface area contributed by atoms with Crippen molar-refractivity contribution in [3.63, 3.8) is 0 Å². The second kappa shape index (κ2) is 6.02. The van der Waals surface area contributed by atoms with Crippen molar-refractivity contribution >= 4 is 17.2 Å². The topological polar surface area (TPSA) is 65.5 Å². The number of aryl methyl sites for hydroxylation is 1. The molecule has 21 heavy (non-hydrogen) atoms. The zero-order valence-corrected chi connectivity index (χ0v) is 13.3. The van der Waals surface area contributed by atoms with Crippen LogP contribution in [0.2, 0.25) is 0 Å². The molecule has 1 amide bonds. The van der Waals surface area contributed by atoms with E-state index in [2.05, 4.69) is 10.3 Å². The van der Waals surface area contributed by atoms with Crippen LogP contribution in [0.25, 0.3) is 0 Å². The average Bonchev–Trinajstić information content (AvgIpc) is 3.17. The molecule has 2 heterocycles. The monoisotopic (exact) mass is 309 g/mol. The molecule has 1 atom stereocenters. The molecule has 2 N–H and O–H groups in total. The Balaban J connectivity index is 1.53. The first-order valence-corrected chi connectivity index (χ1v) is 8.58. The summed E-state index contributed by atoms with van der Waals surface area (Å²) in [6, 6.07) is 0. The van der Waals surface area contributed by atoms with Gasteiger partial charge >= 0.3 is 0 Å². The van der Waals surface area contributed by atoms with E-state index in [1.807, 2.05) is 17.2 Å². The first-order chi connectivity index (χ1) is 10.1. The molecule has 0 unspecified atom stereocenters. The van der Waals surface area contributed by atoms with Gasteiger partial charge in [0, 0.05) is 31.6 Å². The first kappa shape index (κ1) is 14.9. The van der Waals surface area contributed by atoms with E-state index in [4.69, 9.17) is 0 Å². The van der Waals surface area contributed by atoms with Crippen molar-refractivity contribution in [3.05, 3.63) is 16.1 Å². The number of amides is 1. The molecule has 0 aromatic carbocycles. The van der Waals surface area contributed by atoms with Crippen LogP contribution in [0.3, 0.4) is 0 Å². The lowest BCUT2D eigenvalue weighted by molar-refractivity contribution is -0.156. The minimum atomic E-state index is -1.24. The van der Waals surface area contributed by atoms with Gasteiger partial charge in [-0.05, 0) is 38.5 Å². The molecular formula is C15H23N3O2S. The summed E-state index contributed by atoms with van der Waals surface area (Å²) in [4.78, 5) is 18.7. The van der Waals surface area contributed by atoms with E-state index in [0.717, 1.165) is 30.2 Å². The van der Waals surface area contributed by atoms with Gasteiger partial charge in [0.05, 0.1) is 10.7 Å². The minimum Gasteiger partial charge on any atom is -0.379 e. The molecule has 2 aliphatic rings. The van der Waals surface area contributed by atoms with Crippen LogP contribution in [-0.4, -0.2) is 46.1 Å². The normalized spacial score (nSPS) is 26.4. The fourth-order valence-corrected chi connectivity index (χ4v) is 3.51. The Hall–Kier alpha value is -0.980. The summed E-state index contributed by atoms with van der Waals surface area (Å²) >= 11 is 1.62. The highest BCUT2D eigenvalue weighted by molar-refractivity contribution is 7.09. The Kier molecular flexibility index (Phi) is 4.28. The van der Waals surface area contributed by atoms with Crippen molar-refractivity contribution < 1.29 is 9.90 Å². The number of aromatic nitrogens is 1. The highest BCUT2D eigenvalue weighted by Crippen LogP contribution is 2.32. The van der Waals surface area contributed by atoms with Crippen LogP contribution < -0.4 is 5.32 Å². The van der Waals surface area contributed by atoms with Crippen LogP contribution in [0.15, 0.2) is 5.38 Å². The molecule has 2 fully saturated rings. The van der Waals surface area contributed by atoms with Crippen molar-refractivity contribution in [1.29, 1.82) is 0 Å². The van der Waals surface area contributed by atoms with E-state index in [-0.39, 0.29) is 5.91 Å². The summed E-state index contributed by atoms with van der Waals surface area (Å²) in [6.45, 7) is 4.50. The fraction of sp³-hybridized carbons (Fsp3) is 0.733. The molecule has 0 bridgehead atoms. The summed E-state index contributed by atoms with van der Waals surface area (Å²) in [5, 5.41) is 16.9. The number of nitrogens with zero attached hydrogens (tertiary/aromatic N) is 2. The number of hydrogen-bond acceptors (Lipinski definition) is 5. The summed E-state index contributed by atoms with van der Waals surface area (Å²) in [5.74, 6) is 0.574. The van der Waals surface area contributed by atoms with E-state index in [0.29, 0.717) is 25.4 Å². The largest absolute Gasteiger partial charge is 0.379 e. The zero-order valence-electron chi connectivity index (χ0n) is 12.5. The number of carbonyl (C=O) groups is 1. The predicted molar refractivity (Wildman–Crippen MR) is 82.0 cm³/mol. The summed E-state index contributed by atoms with van der Waals surface area (Å²) in [6.07, 6.45) is 3.88. The van der Waals surface area contributed by atoms with Gasteiger partial charge < -0.3 is 15.3 Å². The Bertz CT molecular complexity index is 515. The molecule has 116 valence electrons. The zero-order chi connectivity index (χ0) is 14.9. The van der Waals surface area contributed by atoms with Crippen LogP contribution >= 0.6 is 11.3 Å². The van der Waals surface area contributed by atoms with Crippen LogP contribution in [0.4, 0.5) is 0 Å². The number of hydrogen-bond donors (Lipinski definition) is 2. The van der Waals surface area contributed by atoms with E-state index in [1.54, 1.807) is 11.3 Å². The molecule has 1 aliphatic heterocycles. The van der Waals surface area contributed by atoms with Gasteiger partial charge in [0.2, 0.25) is 0 Å². The minimum absolute atomic E-state index is 0.0948.